The van der Waals surface area contributed by atoms with Crippen LogP contribution in [-0.2, 0) is 23.8 Å². The molecule has 0 spiro atoms. The highest BCUT2D eigenvalue weighted by atomic mass is 32.2. The molecule has 0 heterocycles. The van der Waals surface area contributed by atoms with Crippen LogP contribution in [0.2, 0.25) is 0 Å². The summed E-state index contributed by atoms with van der Waals surface area (Å²) < 4.78 is 33.3. The van der Waals surface area contributed by atoms with Crippen molar-refractivity contribution < 1.29 is 26.9 Å². The van der Waals surface area contributed by atoms with E-state index in [1.54, 1.807) is 34.9 Å². The number of carbonyl (C=O) groups is 2. The molecule has 0 aromatic carbocycles. The van der Waals surface area contributed by atoms with E-state index in [2.05, 4.69) is 5.32 Å². The molecule has 0 saturated heterocycles. The molecular weight excluding hydrogens is 348 g/mol. The van der Waals surface area contributed by atoms with Gasteiger partial charge >= 0.3 is 6.09 Å². The number of ether oxygens (including phenoxy) is 1. The average Bonchev–Trinajstić information content (AvgIpc) is 2.37. The Bertz CT molecular complexity index is 582. The van der Waals surface area contributed by atoms with Gasteiger partial charge in [-0.25, -0.2) is 4.79 Å². The van der Waals surface area contributed by atoms with E-state index in [9.17, 15) is 18.0 Å². The Kier molecular flexibility index (Phi) is 7.25. The third-order valence-corrected chi connectivity index (χ3v) is 4.45. The van der Waals surface area contributed by atoms with Crippen molar-refractivity contribution in [3.8, 4) is 0 Å². The molecule has 1 aliphatic rings. The minimum absolute atomic E-state index is 0.00324. The fourth-order valence-electron chi connectivity index (χ4n) is 2.80. The maximum Gasteiger partial charge on any atom is 0.407 e. The van der Waals surface area contributed by atoms with Crippen LogP contribution in [0.4, 0.5) is 4.79 Å². The van der Waals surface area contributed by atoms with E-state index in [-0.39, 0.29) is 11.8 Å². The molecule has 0 bridgehead atoms. The fourth-order valence-corrected chi connectivity index (χ4v) is 3.47. The molecule has 146 valence electrons. The van der Waals surface area contributed by atoms with Gasteiger partial charge in [-0.15, -0.1) is 0 Å². The molecule has 1 N–H and O–H groups in total. The highest BCUT2D eigenvalue weighted by Crippen LogP contribution is 2.30. The van der Waals surface area contributed by atoms with Gasteiger partial charge < -0.3 is 15.0 Å². The van der Waals surface area contributed by atoms with Crippen molar-refractivity contribution in [3.05, 3.63) is 0 Å². The summed E-state index contributed by atoms with van der Waals surface area (Å²) in [5.74, 6) is 0.0535. The number of hydrogen-bond acceptors (Lipinski definition) is 6. The lowest BCUT2D eigenvalue weighted by Crippen LogP contribution is -2.50. The Morgan fingerprint density at radius 2 is 1.80 bits per heavy atom. The van der Waals surface area contributed by atoms with Crippen molar-refractivity contribution in [2.45, 2.75) is 64.2 Å². The van der Waals surface area contributed by atoms with E-state index in [4.69, 9.17) is 8.92 Å². The second-order valence-electron chi connectivity index (χ2n) is 7.76. The molecular formula is C16H30N2O6S. The van der Waals surface area contributed by atoms with Crippen LogP contribution in [0.1, 0.15) is 46.5 Å². The summed E-state index contributed by atoms with van der Waals surface area (Å²) in [6.45, 7) is 5.24. The zero-order valence-electron chi connectivity index (χ0n) is 15.9. The molecule has 1 saturated carbocycles. The van der Waals surface area contributed by atoms with Crippen molar-refractivity contribution in [2.24, 2.45) is 5.92 Å². The minimum Gasteiger partial charge on any atom is -0.444 e. The van der Waals surface area contributed by atoms with Crippen LogP contribution in [-0.4, -0.2) is 63.4 Å². The van der Waals surface area contributed by atoms with Crippen LogP contribution in [0.15, 0.2) is 0 Å². The van der Waals surface area contributed by atoms with Crippen molar-refractivity contribution >= 4 is 22.1 Å². The van der Waals surface area contributed by atoms with Gasteiger partial charge in [-0.3, -0.25) is 8.98 Å². The summed E-state index contributed by atoms with van der Waals surface area (Å²) in [7, 11) is -0.266. The SMILES string of the molecule is CN(C)C(=O)C[C@H]1CC[C@@H](OS(C)(=O)=O)[C@H](NC(=O)OC(C)(C)C)C1. The number of amides is 2. The fraction of sp³-hybridized carbons (Fsp3) is 0.875. The predicted molar refractivity (Wildman–Crippen MR) is 93.5 cm³/mol. The van der Waals surface area contributed by atoms with E-state index >= 15 is 0 Å². The molecule has 9 heteroatoms. The number of nitrogens with zero attached hydrogens (tertiary/aromatic N) is 1. The molecule has 1 aliphatic carbocycles. The third kappa shape index (κ3) is 8.53. The number of nitrogens with one attached hydrogen (secondary N) is 1. The zero-order chi connectivity index (χ0) is 19.4. The molecule has 0 aromatic heterocycles. The van der Waals surface area contributed by atoms with Gasteiger partial charge in [-0.1, -0.05) is 0 Å². The molecule has 2 amide bonds. The van der Waals surface area contributed by atoms with Gasteiger partial charge in [0.2, 0.25) is 5.91 Å². The first kappa shape index (κ1) is 21.7. The summed E-state index contributed by atoms with van der Waals surface area (Å²) in [6, 6.07) is -0.529. The molecule has 1 rings (SSSR count). The van der Waals surface area contributed by atoms with E-state index < -0.39 is 34.0 Å². The third-order valence-electron chi connectivity index (χ3n) is 3.86. The van der Waals surface area contributed by atoms with E-state index in [1.807, 2.05) is 0 Å². The second-order valence-corrected chi connectivity index (χ2v) is 9.36. The highest BCUT2D eigenvalue weighted by Gasteiger charge is 2.36. The van der Waals surface area contributed by atoms with Crippen molar-refractivity contribution in [1.29, 1.82) is 0 Å². The molecule has 0 radical (unpaired) electrons. The number of rotatable bonds is 5. The van der Waals surface area contributed by atoms with Crippen molar-refractivity contribution in [2.75, 3.05) is 20.4 Å². The van der Waals surface area contributed by atoms with Crippen LogP contribution >= 0.6 is 0 Å². The van der Waals surface area contributed by atoms with Crippen LogP contribution < -0.4 is 5.32 Å². The topological polar surface area (TPSA) is 102 Å². The molecule has 0 unspecified atom stereocenters. The molecule has 3 atom stereocenters. The van der Waals surface area contributed by atoms with E-state index in [0.717, 1.165) is 6.26 Å². The van der Waals surface area contributed by atoms with Gasteiger partial charge in [0.15, 0.2) is 0 Å². The zero-order valence-corrected chi connectivity index (χ0v) is 16.7. The summed E-state index contributed by atoms with van der Waals surface area (Å²) in [4.78, 5) is 25.5. The number of alkyl carbamates (subject to hydrolysis) is 1. The van der Waals surface area contributed by atoms with Crippen LogP contribution in [0.5, 0.6) is 0 Å². The van der Waals surface area contributed by atoms with Crippen LogP contribution in [0.25, 0.3) is 0 Å². The molecule has 8 nitrogen and oxygen atoms in total. The lowest BCUT2D eigenvalue weighted by atomic mass is 9.82. The summed E-state index contributed by atoms with van der Waals surface area (Å²) in [5, 5.41) is 2.71. The van der Waals surface area contributed by atoms with Crippen molar-refractivity contribution in [3.63, 3.8) is 0 Å². The lowest BCUT2D eigenvalue weighted by molar-refractivity contribution is -0.130. The van der Waals surface area contributed by atoms with Gasteiger partial charge in [0.05, 0.1) is 18.4 Å². The quantitative estimate of drug-likeness (QED) is 0.728. The van der Waals surface area contributed by atoms with Crippen molar-refractivity contribution in [1.82, 2.24) is 10.2 Å². The van der Waals surface area contributed by atoms with Gasteiger partial charge in [0.1, 0.15) is 5.60 Å². The van der Waals surface area contributed by atoms with Crippen LogP contribution in [0.3, 0.4) is 0 Å². The molecule has 0 aromatic rings. The standard InChI is InChI=1S/C16H30N2O6S/c1-16(2,3)23-15(20)17-12-9-11(10-14(19)18(4)5)7-8-13(12)24-25(6,21)22/h11-13H,7-10H2,1-6H3,(H,17,20)/t11-,12+,13+/m0/s1. The highest BCUT2D eigenvalue weighted by molar-refractivity contribution is 7.86. The Balaban J connectivity index is 2.80. The smallest absolute Gasteiger partial charge is 0.407 e. The summed E-state index contributed by atoms with van der Waals surface area (Å²) in [5.41, 5.74) is -0.660. The molecule has 1 fully saturated rings. The first-order valence-electron chi connectivity index (χ1n) is 8.35. The maximum atomic E-state index is 12.1. The Morgan fingerprint density at radius 1 is 1.20 bits per heavy atom. The maximum absolute atomic E-state index is 12.1. The Morgan fingerprint density at radius 3 is 2.28 bits per heavy atom. The Hall–Kier alpha value is -1.35. The lowest BCUT2D eigenvalue weighted by Gasteiger charge is -2.36. The summed E-state index contributed by atoms with van der Waals surface area (Å²) >= 11 is 0. The summed E-state index contributed by atoms with van der Waals surface area (Å²) in [6.07, 6.45) is 1.61. The normalized spacial score (nSPS) is 24.5. The Labute approximate surface area is 150 Å². The number of carbonyl (C=O) groups excluding carboxylic acids is 2. The predicted octanol–water partition coefficient (Wildman–Crippen LogP) is 1.50. The largest absolute Gasteiger partial charge is 0.444 e. The van der Waals surface area contributed by atoms with E-state index in [0.29, 0.717) is 25.7 Å². The molecule has 25 heavy (non-hydrogen) atoms. The first-order chi connectivity index (χ1) is 11.3. The van der Waals surface area contributed by atoms with Gasteiger partial charge in [-0.2, -0.15) is 8.42 Å². The first-order valence-corrected chi connectivity index (χ1v) is 10.2. The number of hydrogen-bond donors (Lipinski definition) is 1. The van der Waals surface area contributed by atoms with E-state index in [1.165, 1.54) is 4.90 Å². The van der Waals surface area contributed by atoms with Gasteiger partial charge in [0, 0.05) is 20.5 Å². The molecule has 0 aliphatic heterocycles. The average molecular weight is 378 g/mol. The monoisotopic (exact) mass is 378 g/mol. The second kappa shape index (κ2) is 8.35. The van der Waals surface area contributed by atoms with Crippen LogP contribution in [0, 0.1) is 5.92 Å². The minimum atomic E-state index is -3.65. The van der Waals surface area contributed by atoms with Gasteiger partial charge in [0.25, 0.3) is 10.1 Å². The van der Waals surface area contributed by atoms with Gasteiger partial charge in [-0.05, 0) is 46.0 Å².